The molecule has 0 amide bonds. The highest BCUT2D eigenvalue weighted by molar-refractivity contribution is 5.96. The van der Waals surface area contributed by atoms with Crippen LogP contribution in [0.4, 0.5) is 0 Å². The molecule has 0 saturated carbocycles. The minimum Gasteiger partial charge on any atom is -0.457 e. The maximum atomic E-state index is 6.86. The van der Waals surface area contributed by atoms with Gasteiger partial charge < -0.3 is 4.74 Å². The van der Waals surface area contributed by atoms with Crippen LogP contribution in [0.2, 0.25) is 0 Å². The fourth-order valence-electron chi connectivity index (χ4n) is 9.69. The fourth-order valence-corrected chi connectivity index (χ4v) is 9.69. The lowest BCUT2D eigenvalue weighted by atomic mass is 9.60. The zero-order chi connectivity index (χ0) is 35.6. The molecule has 8 aromatic rings. The molecule has 3 unspecified atom stereocenters. The molecule has 3 aliphatic rings. The monoisotopic (exact) mass is 692 g/mol. The molecule has 1 aromatic heterocycles. The van der Waals surface area contributed by atoms with Crippen LogP contribution in [0.5, 0.6) is 11.5 Å². The first-order valence-corrected chi connectivity index (χ1v) is 19.0. The topological polar surface area (TPSA) is 35.0 Å². The van der Waals surface area contributed by atoms with E-state index in [2.05, 4.69) is 176 Å². The van der Waals surface area contributed by atoms with Crippen molar-refractivity contribution in [1.29, 1.82) is 0 Å². The van der Waals surface area contributed by atoms with Crippen LogP contribution in [-0.2, 0) is 5.41 Å². The summed E-state index contributed by atoms with van der Waals surface area (Å²) in [5.74, 6) is 3.39. The number of para-hydroxylation sites is 1. The van der Waals surface area contributed by atoms with Crippen molar-refractivity contribution in [2.24, 2.45) is 5.92 Å². The molecule has 54 heavy (non-hydrogen) atoms. The second-order valence-corrected chi connectivity index (χ2v) is 14.8. The molecule has 3 nitrogen and oxygen atoms in total. The van der Waals surface area contributed by atoms with Crippen LogP contribution in [0.15, 0.2) is 182 Å². The summed E-state index contributed by atoms with van der Waals surface area (Å²) in [4.78, 5) is 10.4. The summed E-state index contributed by atoms with van der Waals surface area (Å²) < 4.78 is 6.86. The van der Waals surface area contributed by atoms with Crippen LogP contribution in [0, 0.1) is 5.92 Å². The number of ether oxygens (including phenoxy) is 1. The van der Waals surface area contributed by atoms with Crippen molar-refractivity contribution in [3.8, 4) is 56.5 Å². The minimum absolute atomic E-state index is 0.277. The molecule has 7 aromatic carbocycles. The molecule has 11 rings (SSSR count). The Morgan fingerprint density at radius 1 is 0.519 bits per heavy atom. The summed E-state index contributed by atoms with van der Waals surface area (Å²) in [7, 11) is 0. The third kappa shape index (κ3) is 4.68. The molecule has 0 fully saturated rings. The Labute approximate surface area is 315 Å². The van der Waals surface area contributed by atoms with E-state index in [1.165, 1.54) is 33.0 Å². The number of nitrogens with zero attached hydrogens (tertiary/aromatic N) is 2. The number of aromatic nitrogens is 2. The van der Waals surface area contributed by atoms with Crippen molar-refractivity contribution in [1.82, 2.24) is 9.97 Å². The third-order valence-electron chi connectivity index (χ3n) is 12.0. The maximum absolute atomic E-state index is 6.86. The van der Waals surface area contributed by atoms with Crippen LogP contribution in [0.3, 0.4) is 0 Å². The first kappa shape index (κ1) is 31.0. The highest BCUT2D eigenvalue weighted by Crippen LogP contribution is 2.65. The van der Waals surface area contributed by atoms with Gasteiger partial charge in [-0.2, -0.15) is 0 Å². The molecule has 0 N–H and O–H groups in total. The third-order valence-corrected chi connectivity index (χ3v) is 12.0. The molecule has 0 saturated heterocycles. The largest absolute Gasteiger partial charge is 0.457 e. The zero-order valence-electron chi connectivity index (χ0n) is 29.7. The molecular weight excluding hydrogens is 657 g/mol. The first-order chi connectivity index (χ1) is 26.8. The Kier molecular flexibility index (Phi) is 7.03. The number of benzene rings is 7. The Morgan fingerprint density at radius 2 is 1.22 bits per heavy atom. The van der Waals surface area contributed by atoms with Crippen LogP contribution in [-0.4, -0.2) is 9.97 Å². The molecule has 256 valence electrons. The maximum Gasteiger partial charge on any atom is 0.160 e. The van der Waals surface area contributed by atoms with Crippen LogP contribution >= 0.6 is 0 Å². The van der Waals surface area contributed by atoms with E-state index in [1.54, 1.807) is 0 Å². The van der Waals surface area contributed by atoms with Crippen molar-refractivity contribution < 1.29 is 4.74 Å². The van der Waals surface area contributed by atoms with E-state index in [0.29, 0.717) is 17.7 Å². The molecule has 3 atom stereocenters. The Morgan fingerprint density at radius 3 is 2.17 bits per heavy atom. The molecule has 2 aliphatic carbocycles. The quantitative estimate of drug-likeness (QED) is 0.172. The van der Waals surface area contributed by atoms with Crippen LogP contribution in [0.25, 0.3) is 55.8 Å². The van der Waals surface area contributed by atoms with E-state index in [4.69, 9.17) is 14.7 Å². The van der Waals surface area contributed by atoms with Crippen molar-refractivity contribution >= 4 is 10.8 Å². The highest BCUT2D eigenvalue weighted by atomic mass is 16.5. The van der Waals surface area contributed by atoms with Gasteiger partial charge in [0.25, 0.3) is 0 Å². The summed E-state index contributed by atoms with van der Waals surface area (Å²) in [5.41, 5.74) is 12.2. The average molecular weight is 693 g/mol. The highest BCUT2D eigenvalue weighted by Gasteiger charge is 2.57. The molecule has 1 spiro atoms. The second-order valence-electron chi connectivity index (χ2n) is 14.8. The summed E-state index contributed by atoms with van der Waals surface area (Å²) in [5, 5.41) is 2.36. The summed E-state index contributed by atoms with van der Waals surface area (Å²) in [6.45, 7) is 0. The van der Waals surface area contributed by atoms with Gasteiger partial charge in [-0.1, -0.05) is 158 Å². The zero-order valence-corrected chi connectivity index (χ0v) is 29.7. The van der Waals surface area contributed by atoms with Gasteiger partial charge in [-0.3, -0.25) is 0 Å². The van der Waals surface area contributed by atoms with E-state index < -0.39 is 0 Å². The van der Waals surface area contributed by atoms with Crippen molar-refractivity contribution in [2.45, 2.75) is 24.2 Å². The molecule has 1 aliphatic heterocycles. The number of hydrogen-bond donors (Lipinski definition) is 0. The van der Waals surface area contributed by atoms with E-state index >= 15 is 0 Å². The smallest absolute Gasteiger partial charge is 0.160 e. The lowest BCUT2D eigenvalue weighted by Gasteiger charge is -2.44. The normalized spacial score (nSPS) is 19.1. The van der Waals surface area contributed by atoms with Gasteiger partial charge in [0.1, 0.15) is 11.5 Å². The second kappa shape index (κ2) is 12.2. The average Bonchev–Trinajstić information content (AvgIpc) is 3.54. The van der Waals surface area contributed by atoms with Crippen LogP contribution in [0.1, 0.15) is 41.0 Å². The lowest BCUT2D eigenvalue weighted by Crippen LogP contribution is -2.38. The predicted octanol–water partition coefficient (Wildman–Crippen LogP) is 12.8. The molecule has 0 bridgehead atoms. The van der Waals surface area contributed by atoms with Gasteiger partial charge in [0, 0.05) is 33.7 Å². The van der Waals surface area contributed by atoms with Gasteiger partial charge in [-0.15, -0.1) is 0 Å². The Balaban J connectivity index is 1.05. The number of fused-ring (bicyclic) bond motifs is 10. The number of allylic oxidation sites excluding steroid dienone is 2. The van der Waals surface area contributed by atoms with Gasteiger partial charge in [-0.25, -0.2) is 9.97 Å². The van der Waals surface area contributed by atoms with Gasteiger partial charge in [0.15, 0.2) is 5.82 Å². The van der Waals surface area contributed by atoms with Crippen molar-refractivity contribution in [3.05, 3.63) is 204 Å². The molecule has 3 heteroatoms. The predicted molar refractivity (Wildman–Crippen MR) is 219 cm³/mol. The first-order valence-electron chi connectivity index (χ1n) is 19.0. The van der Waals surface area contributed by atoms with Crippen molar-refractivity contribution in [3.63, 3.8) is 0 Å². The van der Waals surface area contributed by atoms with Gasteiger partial charge in [-0.05, 0) is 76.1 Å². The lowest BCUT2D eigenvalue weighted by molar-refractivity contribution is 0.311. The molecule has 0 radical (unpaired) electrons. The van der Waals surface area contributed by atoms with Gasteiger partial charge in [0.05, 0.1) is 16.8 Å². The Hall–Kier alpha value is -6.58. The number of rotatable bonds is 4. The SMILES string of the molecule is C1=CC2c3ccccc3C3(c4ccccc4Oc4cc(-c5cccc(-c6nc(-c7ccccc7)cc(-c7cccc8ccccc78)n6)c5)ccc43)C2CC1. The van der Waals surface area contributed by atoms with E-state index in [9.17, 15) is 0 Å². The summed E-state index contributed by atoms with van der Waals surface area (Å²) in [6.07, 6.45) is 7.06. The number of hydrogen-bond acceptors (Lipinski definition) is 3. The Bertz CT molecular complexity index is 2780. The van der Waals surface area contributed by atoms with E-state index in [0.717, 1.165) is 63.5 Å². The van der Waals surface area contributed by atoms with Gasteiger partial charge in [0.2, 0.25) is 0 Å². The standard InChI is InChI=1S/C51H36N2O/c1-2-15-34(16-3-1)46-32-47(41-23-13-17-33-14-4-5-20-38(33)41)53-50(52-46)37-19-12-18-35(30-37)36-28-29-45-49(31-36)54-48-27-11-10-26-44(48)51(45)42-24-8-6-21-39(42)40-22-7-9-25-43(40)51/h1-8,10-24,26-32,40,43H,9,25H2. The van der Waals surface area contributed by atoms with E-state index in [1.807, 2.05) is 6.07 Å². The minimum atomic E-state index is -0.277. The van der Waals surface area contributed by atoms with E-state index in [-0.39, 0.29) is 5.41 Å². The summed E-state index contributed by atoms with van der Waals surface area (Å²) in [6, 6.07) is 60.8. The molecular formula is C51H36N2O. The van der Waals surface area contributed by atoms with Crippen molar-refractivity contribution in [2.75, 3.05) is 0 Å². The summed E-state index contributed by atoms with van der Waals surface area (Å²) >= 11 is 0. The fraction of sp³-hybridized carbons (Fsp3) is 0.0980. The van der Waals surface area contributed by atoms with Crippen LogP contribution < -0.4 is 4.74 Å². The molecule has 2 heterocycles. The van der Waals surface area contributed by atoms with Gasteiger partial charge >= 0.3 is 0 Å².